The van der Waals surface area contributed by atoms with Crippen molar-refractivity contribution >= 4 is 5.82 Å². The molecule has 88 valence electrons. The topological polar surface area (TPSA) is 103 Å². The minimum absolute atomic E-state index is 0.357. The summed E-state index contributed by atoms with van der Waals surface area (Å²) in [6.07, 6.45) is 5.10. The van der Waals surface area contributed by atoms with Crippen LogP contribution in [0.15, 0.2) is 30.7 Å². The van der Waals surface area contributed by atoms with Gasteiger partial charge in [-0.25, -0.2) is 20.4 Å². The molecule has 1 atom stereocenters. The van der Waals surface area contributed by atoms with Gasteiger partial charge in [0.2, 0.25) is 0 Å². The summed E-state index contributed by atoms with van der Waals surface area (Å²) < 4.78 is 0. The number of aryl methyl sites for hydroxylation is 1. The van der Waals surface area contributed by atoms with Crippen LogP contribution in [0, 0.1) is 6.92 Å². The van der Waals surface area contributed by atoms with Gasteiger partial charge in [-0.1, -0.05) is 6.07 Å². The number of nitrogen functional groups attached to an aromatic ring is 1. The molecular weight excluding hydrogens is 216 g/mol. The fourth-order valence-electron chi connectivity index (χ4n) is 1.53. The summed E-state index contributed by atoms with van der Waals surface area (Å²) in [6, 6.07) is 3.28. The van der Waals surface area contributed by atoms with Crippen LogP contribution in [0.3, 0.4) is 0 Å². The zero-order valence-electron chi connectivity index (χ0n) is 9.46. The largest absolute Gasteiger partial charge is 0.383 e. The van der Waals surface area contributed by atoms with E-state index in [1.54, 1.807) is 24.7 Å². The number of anilines is 1. The second kappa shape index (κ2) is 4.86. The van der Waals surface area contributed by atoms with E-state index in [2.05, 4.69) is 20.4 Å². The Balaban J connectivity index is 2.40. The van der Waals surface area contributed by atoms with Gasteiger partial charge in [0.25, 0.3) is 0 Å². The summed E-state index contributed by atoms with van der Waals surface area (Å²) in [7, 11) is 0. The fraction of sp³-hybridized carbons (Fsp3) is 0.182. The molecule has 0 radical (unpaired) electrons. The molecule has 2 aromatic rings. The molecule has 0 saturated heterocycles. The molecule has 0 amide bonds. The third-order valence-corrected chi connectivity index (χ3v) is 2.41. The molecule has 0 fully saturated rings. The van der Waals surface area contributed by atoms with Gasteiger partial charge in [-0.05, 0) is 18.6 Å². The Morgan fingerprint density at radius 3 is 2.53 bits per heavy atom. The minimum Gasteiger partial charge on any atom is -0.383 e. The number of hydrazine groups is 1. The predicted molar refractivity (Wildman–Crippen MR) is 64.6 cm³/mol. The van der Waals surface area contributed by atoms with Crippen LogP contribution in [0.25, 0.3) is 0 Å². The molecule has 0 aliphatic heterocycles. The van der Waals surface area contributed by atoms with Gasteiger partial charge in [-0.15, -0.1) is 0 Å². The summed E-state index contributed by atoms with van der Waals surface area (Å²) in [5.74, 6) is 6.51. The monoisotopic (exact) mass is 230 g/mol. The Morgan fingerprint density at radius 1 is 1.24 bits per heavy atom. The fourth-order valence-corrected chi connectivity index (χ4v) is 1.53. The molecule has 5 N–H and O–H groups in total. The molecule has 2 aromatic heterocycles. The second-order valence-corrected chi connectivity index (χ2v) is 3.70. The summed E-state index contributed by atoms with van der Waals surface area (Å²) in [6.45, 7) is 1.92. The number of hydrogen-bond acceptors (Lipinski definition) is 6. The highest BCUT2D eigenvalue weighted by Crippen LogP contribution is 2.21. The number of aromatic nitrogens is 3. The SMILES string of the molecule is Cc1cnc(C(NN)c2cccnc2N)nc1. The van der Waals surface area contributed by atoms with E-state index in [1.165, 1.54) is 0 Å². The average Bonchev–Trinajstić information content (AvgIpc) is 2.35. The maximum absolute atomic E-state index is 5.80. The lowest BCUT2D eigenvalue weighted by Gasteiger charge is -2.15. The van der Waals surface area contributed by atoms with Crippen molar-refractivity contribution in [3.63, 3.8) is 0 Å². The van der Waals surface area contributed by atoms with Crippen molar-refractivity contribution in [1.29, 1.82) is 0 Å². The second-order valence-electron chi connectivity index (χ2n) is 3.70. The van der Waals surface area contributed by atoms with Crippen molar-refractivity contribution in [1.82, 2.24) is 20.4 Å². The standard InChI is InChI=1S/C11H14N6/c1-7-5-15-11(16-6-7)9(17-13)8-3-2-4-14-10(8)12/h2-6,9,17H,13H2,1H3,(H2,12,14). The average molecular weight is 230 g/mol. The molecule has 17 heavy (non-hydrogen) atoms. The van der Waals surface area contributed by atoms with Crippen LogP contribution in [0.5, 0.6) is 0 Å². The molecule has 0 aliphatic rings. The maximum Gasteiger partial charge on any atom is 0.151 e. The molecule has 0 bridgehead atoms. The van der Waals surface area contributed by atoms with Gasteiger partial charge in [0, 0.05) is 24.2 Å². The Labute approximate surface area is 99.1 Å². The zero-order chi connectivity index (χ0) is 12.3. The smallest absolute Gasteiger partial charge is 0.151 e. The van der Waals surface area contributed by atoms with E-state index in [0.717, 1.165) is 11.1 Å². The van der Waals surface area contributed by atoms with Gasteiger partial charge in [0.05, 0.1) is 0 Å². The third-order valence-electron chi connectivity index (χ3n) is 2.41. The lowest BCUT2D eigenvalue weighted by Crippen LogP contribution is -2.31. The van der Waals surface area contributed by atoms with Gasteiger partial charge in [0.1, 0.15) is 11.9 Å². The molecule has 0 aliphatic carbocycles. The highest BCUT2D eigenvalue weighted by molar-refractivity contribution is 5.43. The van der Waals surface area contributed by atoms with E-state index in [0.29, 0.717) is 11.6 Å². The Bertz CT molecular complexity index is 496. The van der Waals surface area contributed by atoms with Crippen molar-refractivity contribution in [2.45, 2.75) is 13.0 Å². The predicted octanol–water partition coefficient (Wildman–Crippen LogP) is 0.315. The highest BCUT2D eigenvalue weighted by atomic mass is 15.2. The lowest BCUT2D eigenvalue weighted by atomic mass is 10.1. The number of nitrogens with zero attached hydrogens (tertiary/aromatic N) is 3. The maximum atomic E-state index is 5.80. The highest BCUT2D eigenvalue weighted by Gasteiger charge is 2.17. The van der Waals surface area contributed by atoms with Gasteiger partial charge >= 0.3 is 0 Å². The first-order chi connectivity index (χ1) is 8.22. The van der Waals surface area contributed by atoms with Gasteiger partial charge in [-0.3, -0.25) is 5.84 Å². The zero-order valence-corrected chi connectivity index (χ0v) is 9.46. The van der Waals surface area contributed by atoms with Gasteiger partial charge < -0.3 is 5.73 Å². The Kier molecular flexibility index (Phi) is 3.27. The molecule has 0 spiro atoms. The first kappa shape index (κ1) is 11.4. The van der Waals surface area contributed by atoms with Crippen LogP contribution >= 0.6 is 0 Å². The number of nitrogens with one attached hydrogen (secondary N) is 1. The van der Waals surface area contributed by atoms with E-state index in [1.807, 2.05) is 13.0 Å². The number of hydrogen-bond donors (Lipinski definition) is 3. The van der Waals surface area contributed by atoms with Crippen LogP contribution in [0.1, 0.15) is 23.0 Å². The third kappa shape index (κ3) is 2.38. The first-order valence-electron chi connectivity index (χ1n) is 5.17. The molecule has 1 unspecified atom stereocenters. The summed E-state index contributed by atoms with van der Waals surface area (Å²) >= 11 is 0. The van der Waals surface area contributed by atoms with Crippen LogP contribution in [0.4, 0.5) is 5.82 Å². The molecule has 6 nitrogen and oxygen atoms in total. The van der Waals surface area contributed by atoms with E-state index in [4.69, 9.17) is 11.6 Å². The van der Waals surface area contributed by atoms with Crippen molar-refractivity contribution < 1.29 is 0 Å². The number of rotatable bonds is 3. The van der Waals surface area contributed by atoms with Crippen LogP contribution in [-0.4, -0.2) is 15.0 Å². The quantitative estimate of drug-likeness (QED) is 0.518. The van der Waals surface area contributed by atoms with Gasteiger partial charge in [0.15, 0.2) is 5.82 Å². The molecular formula is C11H14N6. The minimum atomic E-state index is -0.357. The lowest BCUT2D eigenvalue weighted by molar-refractivity contribution is 0.600. The van der Waals surface area contributed by atoms with E-state index in [9.17, 15) is 0 Å². The van der Waals surface area contributed by atoms with Crippen LogP contribution in [-0.2, 0) is 0 Å². The number of pyridine rings is 1. The normalized spacial score (nSPS) is 12.4. The van der Waals surface area contributed by atoms with Crippen molar-refractivity contribution in [2.75, 3.05) is 5.73 Å². The Hall–Kier alpha value is -2.05. The van der Waals surface area contributed by atoms with Crippen molar-refractivity contribution in [3.8, 4) is 0 Å². The van der Waals surface area contributed by atoms with Crippen molar-refractivity contribution in [2.24, 2.45) is 5.84 Å². The van der Waals surface area contributed by atoms with E-state index < -0.39 is 0 Å². The number of nitrogens with two attached hydrogens (primary N) is 2. The van der Waals surface area contributed by atoms with Crippen LogP contribution in [0.2, 0.25) is 0 Å². The van der Waals surface area contributed by atoms with E-state index in [-0.39, 0.29) is 6.04 Å². The summed E-state index contributed by atoms with van der Waals surface area (Å²) in [4.78, 5) is 12.5. The first-order valence-corrected chi connectivity index (χ1v) is 5.17. The molecule has 2 heterocycles. The molecule has 0 saturated carbocycles. The molecule has 6 heteroatoms. The van der Waals surface area contributed by atoms with Crippen LogP contribution < -0.4 is 17.0 Å². The van der Waals surface area contributed by atoms with Crippen molar-refractivity contribution in [3.05, 3.63) is 47.7 Å². The summed E-state index contributed by atoms with van der Waals surface area (Å²) in [5, 5.41) is 0. The van der Waals surface area contributed by atoms with Gasteiger partial charge in [-0.2, -0.15) is 0 Å². The summed E-state index contributed by atoms with van der Waals surface area (Å²) in [5.41, 5.74) is 10.2. The van der Waals surface area contributed by atoms with E-state index >= 15 is 0 Å². The molecule has 2 rings (SSSR count). The molecule has 0 aromatic carbocycles. The Morgan fingerprint density at radius 2 is 1.94 bits per heavy atom.